The molecule has 0 aromatic carbocycles. The Morgan fingerprint density at radius 1 is 1.27 bits per heavy atom. The zero-order valence-electron chi connectivity index (χ0n) is 6.48. The van der Waals surface area contributed by atoms with Gasteiger partial charge in [-0.05, 0) is 31.1 Å². The fourth-order valence-electron chi connectivity index (χ4n) is 0.736. The Labute approximate surface area is 71.1 Å². The average molecular weight is 179 g/mol. The summed E-state index contributed by atoms with van der Waals surface area (Å²) >= 11 is 1.55. The van der Waals surface area contributed by atoms with E-state index in [1.54, 1.807) is 11.8 Å². The maximum absolute atomic E-state index is 11.5. The highest BCUT2D eigenvalue weighted by atomic mass is 32.2. The van der Waals surface area contributed by atoms with Crippen LogP contribution in [0.2, 0.25) is 0 Å². The average Bonchev–Trinajstić information content (AvgIpc) is 1.96. The van der Waals surface area contributed by atoms with Gasteiger partial charge in [0, 0.05) is 6.26 Å². The third-order valence-corrected chi connectivity index (χ3v) is 1.87. The van der Waals surface area contributed by atoms with Crippen LogP contribution in [0.1, 0.15) is 25.7 Å². The summed E-state index contributed by atoms with van der Waals surface area (Å²) in [6.07, 6.45) is 6.50. The lowest BCUT2D eigenvalue weighted by Crippen LogP contribution is -1.78. The molecular formula is C8H13F2S. The van der Waals surface area contributed by atoms with E-state index in [0.29, 0.717) is 6.42 Å². The van der Waals surface area contributed by atoms with Gasteiger partial charge in [-0.25, -0.2) is 0 Å². The highest BCUT2D eigenvalue weighted by Gasteiger charge is 1.89. The predicted molar refractivity (Wildman–Crippen MR) is 46.6 cm³/mol. The molecule has 0 atom stereocenters. The Morgan fingerprint density at radius 3 is 2.55 bits per heavy atom. The molecule has 0 saturated carbocycles. The van der Waals surface area contributed by atoms with E-state index in [1.165, 1.54) is 0 Å². The van der Waals surface area contributed by atoms with Gasteiger partial charge in [-0.3, -0.25) is 0 Å². The van der Waals surface area contributed by atoms with Gasteiger partial charge in [-0.1, -0.05) is 6.42 Å². The second kappa shape index (κ2) is 8.05. The van der Waals surface area contributed by atoms with Gasteiger partial charge in [-0.2, -0.15) is 20.5 Å². The smallest absolute Gasteiger partial charge is 0.174 e. The molecule has 0 aliphatic heterocycles. The summed E-state index contributed by atoms with van der Waals surface area (Å²) in [6.45, 7) is 0. The van der Waals surface area contributed by atoms with Crippen molar-refractivity contribution in [1.29, 1.82) is 0 Å². The van der Waals surface area contributed by atoms with E-state index in [0.717, 1.165) is 31.1 Å². The molecule has 0 heterocycles. The Kier molecular flexibility index (Phi) is 8.01. The van der Waals surface area contributed by atoms with Gasteiger partial charge in [0.2, 0.25) is 0 Å². The van der Waals surface area contributed by atoms with Crippen LogP contribution < -0.4 is 0 Å². The normalized spacial score (nSPS) is 9.73. The first-order valence-electron chi connectivity index (χ1n) is 3.65. The summed E-state index contributed by atoms with van der Waals surface area (Å²) in [5.74, 6) is 1.03. The SMILES string of the molecule is [CH2]SCCCCCC=C(F)F. The quantitative estimate of drug-likeness (QED) is 0.558. The molecule has 0 saturated heterocycles. The molecule has 0 aliphatic carbocycles. The fourth-order valence-corrected chi connectivity index (χ4v) is 1.14. The van der Waals surface area contributed by atoms with Gasteiger partial charge < -0.3 is 0 Å². The predicted octanol–water partition coefficient (Wildman–Crippen LogP) is 3.85. The Bertz CT molecular complexity index is 109. The molecule has 0 bridgehead atoms. The largest absolute Gasteiger partial charge is 0.266 e. The molecule has 0 aliphatic rings. The molecule has 3 heteroatoms. The van der Waals surface area contributed by atoms with Crippen molar-refractivity contribution in [3.63, 3.8) is 0 Å². The van der Waals surface area contributed by atoms with Crippen molar-refractivity contribution < 1.29 is 8.78 Å². The van der Waals surface area contributed by atoms with Crippen LogP contribution >= 0.6 is 11.8 Å². The van der Waals surface area contributed by atoms with Crippen molar-refractivity contribution in [2.45, 2.75) is 25.7 Å². The lowest BCUT2D eigenvalue weighted by molar-refractivity contribution is 0.416. The highest BCUT2D eigenvalue weighted by Crippen LogP contribution is 2.08. The number of unbranched alkanes of at least 4 members (excludes halogenated alkanes) is 3. The summed E-state index contributed by atoms with van der Waals surface area (Å²) in [7, 11) is 0. The van der Waals surface area contributed by atoms with Crippen molar-refractivity contribution >= 4 is 11.8 Å². The number of hydrogen-bond donors (Lipinski definition) is 0. The molecule has 0 spiro atoms. The molecule has 1 radical (unpaired) electrons. The van der Waals surface area contributed by atoms with Crippen LogP contribution in [0.3, 0.4) is 0 Å². The molecule has 0 fully saturated rings. The van der Waals surface area contributed by atoms with E-state index in [-0.39, 0.29) is 0 Å². The molecule has 0 N–H and O–H groups in total. The summed E-state index contributed by atoms with van der Waals surface area (Å²) < 4.78 is 22.9. The topological polar surface area (TPSA) is 0 Å². The van der Waals surface area contributed by atoms with Crippen LogP contribution in [0, 0.1) is 6.26 Å². The first-order valence-corrected chi connectivity index (χ1v) is 4.81. The van der Waals surface area contributed by atoms with Crippen LogP contribution in [0.15, 0.2) is 12.2 Å². The molecule has 11 heavy (non-hydrogen) atoms. The zero-order valence-corrected chi connectivity index (χ0v) is 7.30. The minimum atomic E-state index is -1.56. The van der Waals surface area contributed by atoms with Crippen LogP contribution in [0.5, 0.6) is 0 Å². The highest BCUT2D eigenvalue weighted by molar-refractivity contribution is 8.00. The lowest BCUT2D eigenvalue weighted by Gasteiger charge is -1.94. The number of hydrogen-bond acceptors (Lipinski definition) is 1. The van der Waals surface area contributed by atoms with Crippen LogP contribution in [-0.2, 0) is 0 Å². The number of rotatable bonds is 6. The van der Waals surface area contributed by atoms with Crippen molar-refractivity contribution in [3.8, 4) is 0 Å². The van der Waals surface area contributed by atoms with E-state index >= 15 is 0 Å². The summed E-state index contributed by atoms with van der Waals surface area (Å²) in [6, 6.07) is 0. The number of allylic oxidation sites excluding steroid dienone is 1. The van der Waals surface area contributed by atoms with Gasteiger partial charge in [0.1, 0.15) is 0 Å². The van der Waals surface area contributed by atoms with Crippen LogP contribution in [0.25, 0.3) is 0 Å². The first kappa shape index (κ1) is 11.0. The second-order valence-electron chi connectivity index (χ2n) is 2.25. The summed E-state index contributed by atoms with van der Waals surface area (Å²) in [5, 5.41) is 0. The summed E-state index contributed by atoms with van der Waals surface area (Å²) in [5.41, 5.74) is 0. The number of halogens is 2. The van der Waals surface area contributed by atoms with Gasteiger partial charge in [0.15, 0.2) is 0 Å². The van der Waals surface area contributed by atoms with Crippen LogP contribution in [0.4, 0.5) is 8.78 Å². The van der Waals surface area contributed by atoms with Crippen molar-refractivity contribution in [3.05, 3.63) is 18.4 Å². The van der Waals surface area contributed by atoms with E-state index in [4.69, 9.17) is 0 Å². The maximum Gasteiger partial charge on any atom is 0.266 e. The van der Waals surface area contributed by atoms with Gasteiger partial charge >= 0.3 is 0 Å². The van der Waals surface area contributed by atoms with Crippen molar-refractivity contribution in [1.82, 2.24) is 0 Å². The van der Waals surface area contributed by atoms with Gasteiger partial charge in [-0.15, -0.1) is 0 Å². The minimum absolute atomic E-state index is 0.504. The molecule has 0 nitrogen and oxygen atoms in total. The Morgan fingerprint density at radius 2 is 2.00 bits per heavy atom. The molecule has 0 unspecified atom stereocenters. The summed E-state index contributed by atoms with van der Waals surface area (Å²) in [4.78, 5) is 0. The minimum Gasteiger partial charge on any atom is -0.174 e. The van der Waals surface area contributed by atoms with Crippen molar-refractivity contribution in [2.24, 2.45) is 0 Å². The molecule has 0 aromatic heterocycles. The lowest BCUT2D eigenvalue weighted by atomic mass is 10.2. The Hall–Kier alpha value is -0.0500. The van der Waals surface area contributed by atoms with E-state index in [9.17, 15) is 8.78 Å². The van der Waals surface area contributed by atoms with Crippen LogP contribution in [-0.4, -0.2) is 5.75 Å². The molecule has 0 aromatic rings. The van der Waals surface area contributed by atoms with E-state index in [2.05, 4.69) is 6.26 Å². The van der Waals surface area contributed by atoms with Gasteiger partial charge in [0.25, 0.3) is 6.08 Å². The third-order valence-electron chi connectivity index (χ3n) is 1.29. The molecule has 0 rings (SSSR count). The first-order chi connectivity index (χ1) is 5.27. The monoisotopic (exact) mass is 179 g/mol. The van der Waals surface area contributed by atoms with E-state index in [1.807, 2.05) is 0 Å². The third kappa shape index (κ3) is 9.95. The van der Waals surface area contributed by atoms with Gasteiger partial charge in [0.05, 0.1) is 0 Å². The fraction of sp³-hybridized carbons (Fsp3) is 0.625. The van der Waals surface area contributed by atoms with Crippen molar-refractivity contribution in [2.75, 3.05) is 5.75 Å². The Balaban J connectivity index is 2.97. The molecule has 65 valence electrons. The molecular weight excluding hydrogens is 166 g/mol. The molecule has 0 amide bonds. The number of thioether (sulfide) groups is 1. The maximum atomic E-state index is 11.5. The second-order valence-corrected chi connectivity index (χ2v) is 3.07. The standard InChI is InChI=1S/C8H13F2S/c1-11-7-5-3-2-4-6-8(9)10/h6H,1-5,7H2. The van der Waals surface area contributed by atoms with E-state index < -0.39 is 6.08 Å². The zero-order chi connectivity index (χ0) is 8.53.